The van der Waals surface area contributed by atoms with Gasteiger partial charge in [0.25, 0.3) is 5.91 Å². The second kappa shape index (κ2) is 5.28. The van der Waals surface area contributed by atoms with Gasteiger partial charge >= 0.3 is 7.12 Å². The van der Waals surface area contributed by atoms with E-state index in [0.29, 0.717) is 0 Å². The number of nitrogens with one attached hydrogen (secondary N) is 1. The van der Waals surface area contributed by atoms with E-state index in [1.165, 1.54) is 0 Å². The highest BCUT2D eigenvalue weighted by Crippen LogP contribution is 2.36. The summed E-state index contributed by atoms with van der Waals surface area (Å²) in [4.78, 5) is 11.9. The van der Waals surface area contributed by atoms with Crippen LogP contribution < -0.4 is 10.8 Å². The molecule has 1 saturated heterocycles. The van der Waals surface area contributed by atoms with Gasteiger partial charge in [-0.3, -0.25) is 4.79 Å². The molecule has 4 nitrogen and oxygen atoms in total. The van der Waals surface area contributed by atoms with Crippen molar-refractivity contribution in [2.75, 3.05) is 0 Å². The molecule has 1 amide bonds. The molecule has 0 unspecified atom stereocenters. The van der Waals surface area contributed by atoms with Crippen molar-refractivity contribution in [3.8, 4) is 0 Å². The zero-order valence-electron chi connectivity index (χ0n) is 13.7. The standard InChI is InChI=1S/C16H20BF2NO3/c1-15(2)16(3,4)23-17(22-15)9-7-11(18)13(12(19)8-9)14(21)20-10-5-6-10/h7-8,10H,5-6H2,1-4H3,(H,20,21). The number of hydrogen-bond donors (Lipinski definition) is 1. The van der Waals surface area contributed by atoms with E-state index in [1.807, 2.05) is 27.7 Å². The predicted octanol–water partition coefficient (Wildman–Crippen LogP) is 2.16. The normalized spacial score (nSPS) is 22.3. The second-order valence-corrected chi connectivity index (χ2v) is 7.20. The summed E-state index contributed by atoms with van der Waals surface area (Å²) in [6.45, 7) is 7.43. The van der Waals surface area contributed by atoms with Gasteiger partial charge in [0.15, 0.2) is 0 Å². The van der Waals surface area contributed by atoms with E-state index >= 15 is 0 Å². The molecular formula is C16H20BF2NO3. The third-order valence-electron chi connectivity index (χ3n) is 4.73. The van der Waals surface area contributed by atoms with Gasteiger partial charge in [-0.15, -0.1) is 0 Å². The maximum absolute atomic E-state index is 14.3. The van der Waals surface area contributed by atoms with Crippen molar-refractivity contribution >= 4 is 18.5 Å². The van der Waals surface area contributed by atoms with Crippen LogP contribution in [0, 0.1) is 11.6 Å². The van der Waals surface area contributed by atoms with Gasteiger partial charge in [0.2, 0.25) is 0 Å². The number of amides is 1. The zero-order valence-corrected chi connectivity index (χ0v) is 13.7. The molecule has 0 aromatic heterocycles. The highest BCUT2D eigenvalue weighted by molar-refractivity contribution is 6.62. The Morgan fingerprint density at radius 2 is 1.61 bits per heavy atom. The minimum atomic E-state index is -0.909. The summed E-state index contributed by atoms with van der Waals surface area (Å²) < 4.78 is 40.1. The average Bonchev–Trinajstić information content (AvgIpc) is 3.16. The van der Waals surface area contributed by atoms with Gasteiger partial charge in [-0.2, -0.15) is 0 Å². The molecule has 124 valence electrons. The number of carbonyl (C=O) groups is 1. The number of halogens is 2. The van der Waals surface area contributed by atoms with E-state index in [4.69, 9.17) is 9.31 Å². The van der Waals surface area contributed by atoms with Crippen LogP contribution >= 0.6 is 0 Å². The minimum Gasteiger partial charge on any atom is -0.399 e. The molecule has 2 fully saturated rings. The maximum atomic E-state index is 14.3. The van der Waals surface area contributed by atoms with Gasteiger partial charge in [-0.25, -0.2) is 8.78 Å². The van der Waals surface area contributed by atoms with E-state index in [9.17, 15) is 13.6 Å². The molecule has 1 N–H and O–H groups in total. The summed E-state index contributed by atoms with van der Waals surface area (Å²) >= 11 is 0. The van der Waals surface area contributed by atoms with Crippen LogP contribution in [0.2, 0.25) is 0 Å². The lowest BCUT2D eigenvalue weighted by molar-refractivity contribution is 0.00578. The Labute approximate surface area is 134 Å². The summed E-state index contributed by atoms with van der Waals surface area (Å²) in [5, 5.41) is 2.59. The molecule has 1 saturated carbocycles. The number of carbonyl (C=O) groups excluding carboxylic acids is 1. The lowest BCUT2D eigenvalue weighted by atomic mass is 9.78. The lowest BCUT2D eigenvalue weighted by Gasteiger charge is -2.32. The molecule has 3 rings (SSSR count). The predicted molar refractivity (Wildman–Crippen MR) is 82.6 cm³/mol. The van der Waals surface area contributed by atoms with Crippen LogP contribution in [0.1, 0.15) is 50.9 Å². The van der Waals surface area contributed by atoms with Gasteiger partial charge in [0.1, 0.15) is 17.2 Å². The van der Waals surface area contributed by atoms with Crippen LogP contribution in [-0.2, 0) is 9.31 Å². The fraction of sp³-hybridized carbons (Fsp3) is 0.562. The smallest absolute Gasteiger partial charge is 0.399 e. The molecule has 0 bridgehead atoms. The van der Waals surface area contributed by atoms with E-state index in [1.54, 1.807) is 0 Å². The second-order valence-electron chi connectivity index (χ2n) is 7.20. The topological polar surface area (TPSA) is 47.6 Å². The van der Waals surface area contributed by atoms with Gasteiger partial charge in [0, 0.05) is 6.04 Å². The molecule has 0 atom stereocenters. The Morgan fingerprint density at radius 1 is 1.13 bits per heavy atom. The summed E-state index contributed by atoms with van der Waals surface area (Å²) in [5.41, 5.74) is -1.54. The van der Waals surface area contributed by atoms with E-state index in [2.05, 4.69) is 5.32 Å². The Morgan fingerprint density at radius 3 is 2.04 bits per heavy atom. The molecule has 0 radical (unpaired) electrons. The molecule has 23 heavy (non-hydrogen) atoms. The first kappa shape index (κ1) is 16.4. The summed E-state index contributed by atoms with van der Waals surface area (Å²) in [7, 11) is -0.871. The van der Waals surface area contributed by atoms with Crippen LogP contribution in [0.4, 0.5) is 8.78 Å². The molecule has 0 spiro atoms. The van der Waals surface area contributed by atoms with E-state index < -0.39 is 41.4 Å². The van der Waals surface area contributed by atoms with Gasteiger partial charge in [0.05, 0.1) is 11.2 Å². The highest BCUT2D eigenvalue weighted by atomic mass is 19.1. The average molecular weight is 323 g/mol. The minimum absolute atomic E-state index is 0.0315. The third kappa shape index (κ3) is 2.99. The zero-order chi connectivity index (χ0) is 17.0. The first-order chi connectivity index (χ1) is 10.6. The van der Waals surface area contributed by atoms with Gasteiger partial charge in [-0.1, -0.05) is 0 Å². The van der Waals surface area contributed by atoms with Crippen molar-refractivity contribution in [3.63, 3.8) is 0 Å². The monoisotopic (exact) mass is 323 g/mol. The first-order valence-electron chi connectivity index (χ1n) is 7.76. The number of benzene rings is 1. The number of hydrogen-bond acceptors (Lipinski definition) is 3. The number of rotatable bonds is 3. The van der Waals surface area contributed by atoms with Crippen LogP contribution in [0.3, 0.4) is 0 Å². The molecule has 2 aliphatic rings. The van der Waals surface area contributed by atoms with Crippen LogP contribution in [0.5, 0.6) is 0 Å². The lowest BCUT2D eigenvalue weighted by Crippen LogP contribution is -2.41. The largest absolute Gasteiger partial charge is 0.495 e. The molecule has 1 heterocycles. The van der Waals surface area contributed by atoms with Crippen LogP contribution in [0.15, 0.2) is 12.1 Å². The van der Waals surface area contributed by atoms with Crippen molar-refractivity contribution in [1.29, 1.82) is 0 Å². The molecule has 1 aromatic rings. The van der Waals surface area contributed by atoms with Crippen molar-refractivity contribution in [1.82, 2.24) is 5.32 Å². The summed E-state index contributed by atoms with van der Waals surface area (Å²) in [6, 6.07) is 2.24. The third-order valence-corrected chi connectivity index (χ3v) is 4.73. The Kier molecular flexibility index (Phi) is 3.76. The molecule has 1 aliphatic heterocycles. The molecule has 1 aliphatic carbocycles. The van der Waals surface area contributed by atoms with Crippen molar-refractivity contribution in [2.45, 2.75) is 57.8 Å². The van der Waals surface area contributed by atoms with Gasteiger partial charge < -0.3 is 14.6 Å². The van der Waals surface area contributed by atoms with E-state index in [0.717, 1.165) is 25.0 Å². The van der Waals surface area contributed by atoms with Crippen molar-refractivity contribution in [2.24, 2.45) is 0 Å². The van der Waals surface area contributed by atoms with E-state index in [-0.39, 0.29) is 11.5 Å². The van der Waals surface area contributed by atoms with Crippen LogP contribution in [-0.4, -0.2) is 30.3 Å². The molecule has 1 aromatic carbocycles. The van der Waals surface area contributed by atoms with Gasteiger partial charge in [-0.05, 0) is 58.1 Å². The maximum Gasteiger partial charge on any atom is 0.495 e. The summed E-state index contributed by atoms with van der Waals surface area (Å²) in [5.74, 6) is -2.54. The van der Waals surface area contributed by atoms with Crippen molar-refractivity contribution < 1.29 is 22.9 Å². The SMILES string of the molecule is CC1(C)OB(c2cc(F)c(C(=O)NC3CC3)c(F)c2)OC1(C)C. The Bertz CT molecular complexity index is 620. The fourth-order valence-electron chi connectivity index (χ4n) is 2.41. The summed E-state index contributed by atoms with van der Waals surface area (Å²) in [6.07, 6.45) is 1.70. The Balaban J connectivity index is 1.87. The van der Waals surface area contributed by atoms with Crippen molar-refractivity contribution in [3.05, 3.63) is 29.3 Å². The first-order valence-corrected chi connectivity index (χ1v) is 7.76. The molecule has 7 heteroatoms. The fourth-order valence-corrected chi connectivity index (χ4v) is 2.41. The highest BCUT2D eigenvalue weighted by Gasteiger charge is 2.52. The molecular weight excluding hydrogens is 303 g/mol. The van der Waals surface area contributed by atoms with Crippen LogP contribution in [0.25, 0.3) is 0 Å². The quantitative estimate of drug-likeness (QED) is 0.867. The Hall–Kier alpha value is -1.47.